The summed E-state index contributed by atoms with van der Waals surface area (Å²) >= 11 is 0. The number of piperazine rings is 1. The summed E-state index contributed by atoms with van der Waals surface area (Å²) in [6.07, 6.45) is 6.61. The molecular weight excluding hydrogens is 410 g/mol. The number of anilines is 1. The van der Waals surface area contributed by atoms with E-state index in [1.807, 2.05) is 30.2 Å². The molecule has 2 aromatic heterocycles. The zero-order valence-corrected chi connectivity index (χ0v) is 17.6. The Labute approximate surface area is 185 Å². The van der Waals surface area contributed by atoms with E-state index >= 15 is 0 Å². The Morgan fingerprint density at radius 2 is 2.09 bits per heavy atom. The number of hydrogen-bond donors (Lipinski definition) is 2. The molecule has 164 valence electrons. The lowest BCUT2D eigenvalue weighted by atomic mass is 10.1. The third-order valence-electron chi connectivity index (χ3n) is 5.17. The Balaban J connectivity index is 1.42. The molecule has 1 unspecified atom stereocenters. The van der Waals surface area contributed by atoms with Crippen molar-refractivity contribution in [2.24, 2.45) is 0 Å². The normalized spacial score (nSPS) is 15.8. The average molecular weight is 433 g/mol. The molecule has 1 aliphatic rings. The molecule has 1 saturated heterocycles. The van der Waals surface area contributed by atoms with Crippen molar-refractivity contribution in [2.45, 2.75) is 19.0 Å². The molecule has 0 bridgehead atoms. The lowest BCUT2D eigenvalue weighted by molar-refractivity contribution is -0.121. The van der Waals surface area contributed by atoms with E-state index < -0.39 is 6.04 Å². The fourth-order valence-electron chi connectivity index (χ4n) is 3.51. The Hall–Kier alpha value is -4.01. The van der Waals surface area contributed by atoms with Gasteiger partial charge in [-0.3, -0.25) is 9.36 Å². The van der Waals surface area contributed by atoms with Crippen LogP contribution in [-0.4, -0.2) is 57.6 Å². The highest BCUT2D eigenvalue weighted by molar-refractivity contribution is 5.78. The van der Waals surface area contributed by atoms with Gasteiger partial charge in [0, 0.05) is 44.5 Å². The Morgan fingerprint density at radius 1 is 1.28 bits per heavy atom. The summed E-state index contributed by atoms with van der Waals surface area (Å²) in [4.78, 5) is 38.8. The van der Waals surface area contributed by atoms with Crippen molar-refractivity contribution in [3.05, 3.63) is 66.6 Å². The molecule has 1 atom stereocenters. The monoisotopic (exact) mass is 433 g/mol. The summed E-state index contributed by atoms with van der Waals surface area (Å²) < 4.78 is 6.89. The minimum absolute atomic E-state index is 0.108. The van der Waals surface area contributed by atoms with Crippen LogP contribution in [0.1, 0.15) is 12.0 Å². The van der Waals surface area contributed by atoms with Crippen LogP contribution in [0.25, 0.3) is 5.82 Å². The second-order valence-corrected chi connectivity index (χ2v) is 7.18. The van der Waals surface area contributed by atoms with Crippen LogP contribution in [0.15, 0.2) is 61.1 Å². The van der Waals surface area contributed by atoms with E-state index in [1.54, 1.807) is 41.4 Å². The van der Waals surface area contributed by atoms with Crippen molar-refractivity contribution in [2.75, 3.05) is 25.1 Å². The first-order valence-corrected chi connectivity index (χ1v) is 10.1. The Bertz CT molecular complexity index is 1110. The third kappa shape index (κ3) is 4.83. The van der Waals surface area contributed by atoms with E-state index in [2.05, 4.69) is 25.6 Å². The van der Waals surface area contributed by atoms with Gasteiger partial charge in [-0.25, -0.2) is 19.7 Å². The summed E-state index contributed by atoms with van der Waals surface area (Å²) in [6, 6.07) is 8.77. The number of carbonyl (C=O) groups excluding carboxylic acids is 2. The van der Waals surface area contributed by atoms with Gasteiger partial charge in [0.1, 0.15) is 41.7 Å². The molecule has 1 aromatic carbocycles. The number of nitrogens with one attached hydrogen (secondary N) is 2. The first-order chi connectivity index (χ1) is 15.7. The lowest BCUT2D eigenvalue weighted by Crippen LogP contribution is -2.51. The van der Waals surface area contributed by atoms with Gasteiger partial charge in [0.05, 0.1) is 13.2 Å². The van der Waals surface area contributed by atoms with Gasteiger partial charge in [0.2, 0.25) is 5.91 Å². The van der Waals surface area contributed by atoms with Crippen LogP contribution in [0, 0.1) is 0 Å². The quantitative estimate of drug-likeness (QED) is 0.528. The van der Waals surface area contributed by atoms with Crippen LogP contribution in [0.2, 0.25) is 0 Å². The molecule has 10 heteroatoms. The van der Waals surface area contributed by atoms with Crippen molar-refractivity contribution in [1.29, 1.82) is 0 Å². The van der Waals surface area contributed by atoms with E-state index in [0.29, 0.717) is 37.0 Å². The van der Waals surface area contributed by atoms with Gasteiger partial charge in [-0.05, 0) is 17.7 Å². The van der Waals surface area contributed by atoms with E-state index in [1.165, 1.54) is 6.33 Å². The van der Waals surface area contributed by atoms with Crippen LogP contribution >= 0.6 is 0 Å². The number of imidazole rings is 1. The first kappa shape index (κ1) is 21.2. The number of benzene rings is 1. The maximum absolute atomic E-state index is 12.5. The summed E-state index contributed by atoms with van der Waals surface area (Å²) in [5.74, 6) is 3.78. The molecule has 0 radical (unpaired) electrons. The smallest absolute Gasteiger partial charge is 0.222 e. The molecule has 32 heavy (non-hydrogen) atoms. The van der Waals surface area contributed by atoms with Crippen LogP contribution in [0.4, 0.5) is 5.82 Å². The highest BCUT2D eigenvalue weighted by Crippen LogP contribution is 2.22. The van der Waals surface area contributed by atoms with Crippen LogP contribution in [0.5, 0.6) is 5.75 Å². The van der Waals surface area contributed by atoms with Gasteiger partial charge in [0.25, 0.3) is 0 Å². The molecule has 2 N–H and O–H groups in total. The van der Waals surface area contributed by atoms with E-state index in [4.69, 9.17) is 4.74 Å². The SMILES string of the molecule is COc1ccc(CNC(=O)CC2NCCN(c3cc(-n4ccnc4)ncn3)C2=C=O)cc1. The number of methoxy groups -OCH3 is 1. The Kier molecular flexibility index (Phi) is 6.54. The summed E-state index contributed by atoms with van der Waals surface area (Å²) in [6.45, 7) is 1.50. The van der Waals surface area contributed by atoms with Crippen molar-refractivity contribution in [3.8, 4) is 11.6 Å². The molecule has 3 heterocycles. The predicted octanol–water partition coefficient (Wildman–Crippen LogP) is 0.871. The average Bonchev–Trinajstić information content (AvgIpc) is 3.38. The maximum atomic E-state index is 12.5. The summed E-state index contributed by atoms with van der Waals surface area (Å²) in [5.41, 5.74) is 1.29. The minimum atomic E-state index is -0.469. The van der Waals surface area contributed by atoms with Crippen LogP contribution in [0.3, 0.4) is 0 Å². The van der Waals surface area contributed by atoms with E-state index in [0.717, 1.165) is 11.3 Å². The number of hydrogen-bond acceptors (Lipinski definition) is 8. The molecular formula is C22H23N7O3. The fourth-order valence-corrected chi connectivity index (χ4v) is 3.51. The molecule has 1 aliphatic heterocycles. The fraction of sp³-hybridized carbons (Fsp3) is 0.273. The maximum Gasteiger partial charge on any atom is 0.222 e. The van der Waals surface area contributed by atoms with Crippen molar-refractivity contribution >= 4 is 17.7 Å². The second kappa shape index (κ2) is 9.86. The van der Waals surface area contributed by atoms with Crippen molar-refractivity contribution in [3.63, 3.8) is 0 Å². The standard InChI is InChI=1S/C22H23N7O3/c1-32-17-4-2-16(3-5-17)12-25-22(31)10-18-19(13-30)29(9-7-24-18)21-11-20(26-14-27-21)28-8-6-23-15-28/h2-6,8,11,14-15,18,24H,7,9-10,12H2,1H3,(H,25,31). The number of nitrogens with zero attached hydrogens (tertiary/aromatic N) is 5. The van der Waals surface area contributed by atoms with Gasteiger partial charge >= 0.3 is 0 Å². The highest BCUT2D eigenvalue weighted by Gasteiger charge is 2.29. The number of ether oxygens (including phenoxy) is 1. The first-order valence-electron chi connectivity index (χ1n) is 10.1. The molecule has 0 spiro atoms. The van der Waals surface area contributed by atoms with Gasteiger partial charge in [-0.2, -0.15) is 0 Å². The zero-order chi connectivity index (χ0) is 22.3. The number of carbonyl (C=O) groups is 1. The van der Waals surface area contributed by atoms with Gasteiger partial charge in [-0.1, -0.05) is 12.1 Å². The number of rotatable bonds is 7. The molecule has 10 nitrogen and oxygen atoms in total. The van der Waals surface area contributed by atoms with Crippen molar-refractivity contribution < 1.29 is 14.3 Å². The topological polar surface area (TPSA) is 114 Å². The highest BCUT2D eigenvalue weighted by atomic mass is 16.5. The zero-order valence-electron chi connectivity index (χ0n) is 17.6. The molecule has 0 saturated carbocycles. The Morgan fingerprint density at radius 3 is 2.81 bits per heavy atom. The van der Waals surface area contributed by atoms with Crippen molar-refractivity contribution in [1.82, 2.24) is 30.2 Å². The van der Waals surface area contributed by atoms with Gasteiger partial charge in [0.15, 0.2) is 0 Å². The van der Waals surface area contributed by atoms with E-state index in [-0.39, 0.29) is 12.3 Å². The third-order valence-corrected chi connectivity index (χ3v) is 5.17. The van der Waals surface area contributed by atoms with Crippen LogP contribution < -0.4 is 20.3 Å². The molecule has 3 aromatic rings. The lowest BCUT2D eigenvalue weighted by Gasteiger charge is -2.34. The molecule has 1 amide bonds. The minimum Gasteiger partial charge on any atom is -0.497 e. The van der Waals surface area contributed by atoms with Gasteiger partial charge < -0.3 is 20.3 Å². The number of aromatic nitrogens is 4. The van der Waals surface area contributed by atoms with E-state index in [9.17, 15) is 9.59 Å². The largest absolute Gasteiger partial charge is 0.497 e. The number of amides is 1. The second-order valence-electron chi connectivity index (χ2n) is 7.18. The summed E-state index contributed by atoms with van der Waals surface area (Å²) in [5, 5.41) is 6.12. The molecule has 4 rings (SSSR count). The predicted molar refractivity (Wildman–Crippen MR) is 117 cm³/mol. The molecule has 1 fully saturated rings. The summed E-state index contributed by atoms with van der Waals surface area (Å²) in [7, 11) is 1.61. The molecule has 0 aliphatic carbocycles. The van der Waals surface area contributed by atoms with Gasteiger partial charge in [-0.15, -0.1) is 0 Å². The van der Waals surface area contributed by atoms with Crippen LogP contribution in [-0.2, 0) is 16.1 Å².